The lowest BCUT2D eigenvalue weighted by molar-refractivity contribution is 0.612. The number of halogens is 1. The third-order valence-corrected chi connectivity index (χ3v) is 2.83. The van der Waals surface area contributed by atoms with Crippen molar-refractivity contribution in [1.82, 2.24) is 25.3 Å². The van der Waals surface area contributed by atoms with Gasteiger partial charge in [0.25, 0.3) is 0 Å². The monoisotopic (exact) mass is 257 g/mol. The number of rotatable bonds is 3. The summed E-state index contributed by atoms with van der Waals surface area (Å²) in [6.07, 6.45) is 1.19. The van der Waals surface area contributed by atoms with E-state index in [9.17, 15) is 4.39 Å². The molecular weight excluding hydrogens is 245 g/mol. The van der Waals surface area contributed by atoms with Crippen LogP contribution in [0, 0.1) is 5.82 Å². The lowest BCUT2D eigenvalue weighted by Gasteiger charge is -2.08. The fourth-order valence-electron chi connectivity index (χ4n) is 2.01. The molecule has 0 saturated heterocycles. The predicted octanol–water partition coefficient (Wildman–Crippen LogP) is 1.67. The van der Waals surface area contributed by atoms with E-state index in [-0.39, 0.29) is 5.82 Å². The standard InChI is InChI=1S/C13H12FN5/c1-15-7-9-6-10(14)8-16-13(9)19-12-5-3-2-4-11(12)17-18-19/h2-6,8,15H,7H2,1H3. The highest BCUT2D eigenvalue weighted by Gasteiger charge is 2.12. The highest BCUT2D eigenvalue weighted by Crippen LogP contribution is 2.18. The van der Waals surface area contributed by atoms with Gasteiger partial charge in [-0.15, -0.1) is 5.10 Å². The van der Waals surface area contributed by atoms with Crippen molar-refractivity contribution in [2.75, 3.05) is 7.05 Å². The van der Waals surface area contributed by atoms with Crippen molar-refractivity contribution in [2.24, 2.45) is 0 Å². The van der Waals surface area contributed by atoms with Crippen molar-refractivity contribution in [3.05, 3.63) is 47.9 Å². The highest BCUT2D eigenvalue weighted by atomic mass is 19.1. The Bertz CT molecular complexity index is 722. The number of aromatic nitrogens is 4. The molecular formula is C13H12FN5. The molecule has 0 amide bonds. The molecule has 0 aliphatic carbocycles. The summed E-state index contributed by atoms with van der Waals surface area (Å²) in [6, 6.07) is 9.04. The molecule has 0 unspecified atom stereocenters. The van der Waals surface area contributed by atoms with E-state index in [0.29, 0.717) is 12.4 Å². The molecule has 0 fully saturated rings. The normalized spacial score (nSPS) is 11.1. The van der Waals surface area contributed by atoms with Crippen molar-refractivity contribution >= 4 is 11.0 Å². The molecule has 2 heterocycles. The summed E-state index contributed by atoms with van der Waals surface area (Å²) >= 11 is 0. The van der Waals surface area contributed by atoms with Crippen molar-refractivity contribution in [3.8, 4) is 5.82 Å². The molecule has 19 heavy (non-hydrogen) atoms. The first kappa shape index (κ1) is 11.7. The first-order valence-corrected chi connectivity index (χ1v) is 5.89. The molecule has 5 nitrogen and oxygen atoms in total. The van der Waals surface area contributed by atoms with E-state index >= 15 is 0 Å². The maximum Gasteiger partial charge on any atom is 0.160 e. The van der Waals surface area contributed by atoms with Gasteiger partial charge in [0.05, 0.1) is 11.7 Å². The minimum atomic E-state index is -0.363. The molecule has 2 aromatic heterocycles. The van der Waals surface area contributed by atoms with Gasteiger partial charge in [-0.1, -0.05) is 17.3 Å². The zero-order chi connectivity index (χ0) is 13.2. The van der Waals surface area contributed by atoms with Gasteiger partial charge >= 0.3 is 0 Å². The number of hydrogen-bond donors (Lipinski definition) is 1. The smallest absolute Gasteiger partial charge is 0.160 e. The Kier molecular flexibility index (Phi) is 2.92. The Labute approximate surface area is 109 Å². The zero-order valence-corrected chi connectivity index (χ0v) is 10.3. The highest BCUT2D eigenvalue weighted by molar-refractivity contribution is 5.75. The Morgan fingerprint density at radius 2 is 2.16 bits per heavy atom. The summed E-state index contributed by atoms with van der Waals surface area (Å²) in [6.45, 7) is 0.508. The quantitative estimate of drug-likeness (QED) is 0.775. The molecule has 6 heteroatoms. The topological polar surface area (TPSA) is 55.6 Å². The molecule has 0 aliphatic rings. The molecule has 0 spiro atoms. The number of nitrogens with zero attached hydrogens (tertiary/aromatic N) is 4. The minimum absolute atomic E-state index is 0.363. The second kappa shape index (κ2) is 4.74. The first-order chi connectivity index (χ1) is 9.29. The predicted molar refractivity (Wildman–Crippen MR) is 69.4 cm³/mol. The van der Waals surface area contributed by atoms with Crippen LogP contribution >= 0.6 is 0 Å². The van der Waals surface area contributed by atoms with Gasteiger partial charge < -0.3 is 5.32 Å². The van der Waals surface area contributed by atoms with Gasteiger partial charge in [0.2, 0.25) is 0 Å². The van der Waals surface area contributed by atoms with Crippen LogP contribution in [0.4, 0.5) is 4.39 Å². The van der Waals surface area contributed by atoms with Gasteiger partial charge in [-0.05, 0) is 25.2 Å². The van der Waals surface area contributed by atoms with Gasteiger partial charge in [-0.3, -0.25) is 0 Å². The first-order valence-electron chi connectivity index (χ1n) is 5.89. The van der Waals surface area contributed by atoms with Crippen LogP contribution in [-0.2, 0) is 6.54 Å². The Hall–Kier alpha value is -2.34. The summed E-state index contributed by atoms with van der Waals surface area (Å²) in [7, 11) is 1.80. The maximum atomic E-state index is 13.3. The van der Waals surface area contributed by atoms with Crippen molar-refractivity contribution in [2.45, 2.75) is 6.54 Å². The fraction of sp³-hybridized carbons (Fsp3) is 0.154. The number of para-hydroxylation sites is 1. The van der Waals surface area contributed by atoms with Crippen LogP contribution in [-0.4, -0.2) is 27.0 Å². The maximum absolute atomic E-state index is 13.3. The van der Waals surface area contributed by atoms with Crippen molar-refractivity contribution < 1.29 is 4.39 Å². The fourth-order valence-corrected chi connectivity index (χ4v) is 2.01. The Balaban J connectivity index is 2.21. The van der Waals surface area contributed by atoms with Crippen LogP contribution in [0.5, 0.6) is 0 Å². The molecule has 0 radical (unpaired) electrons. The Morgan fingerprint density at radius 1 is 1.32 bits per heavy atom. The van der Waals surface area contributed by atoms with Gasteiger partial charge in [0.15, 0.2) is 5.82 Å². The minimum Gasteiger partial charge on any atom is -0.316 e. The van der Waals surface area contributed by atoms with E-state index < -0.39 is 0 Å². The number of fused-ring (bicyclic) bond motifs is 1. The van der Waals surface area contributed by atoms with E-state index in [1.165, 1.54) is 12.3 Å². The number of nitrogens with one attached hydrogen (secondary N) is 1. The summed E-state index contributed by atoms with van der Waals surface area (Å²) in [5, 5.41) is 11.2. The number of hydrogen-bond acceptors (Lipinski definition) is 4. The third-order valence-electron chi connectivity index (χ3n) is 2.83. The van der Waals surface area contributed by atoms with Gasteiger partial charge in [-0.25, -0.2) is 9.37 Å². The molecule has 0 atom stereocenters. The molecule has 0 saturated carbocycles. The molecule has 0 aliphatic heterocycles. The van der Waals surface area contributed by atoms with Crippen LogP contribution in [0.15, 0.2) is 36.5 Å². The molecule has 96 valence electrons. The van der Waals surface area contributed by atoms with Crippen LogP contribution in [0.1, 0.15) is 5.56 Å². The van der Waals surface area contributed by atoms with Crippen LogP contribution in [0.25, 0.3) is 16.9 Å². The summed E-state index contributed by atoms with van der Waals surface area (Å²) in [5.74, 6) is 0.225. The van der Waals surface area contributed by atoms with Gasteiger partial charge in [-0.2, -0.15) is 4.68 Å². The van der Waals surface area contributed by atoms with Crippen molar-refractivity contribution in [3.63, 3.8) is 0 Å². The Morgan fingerprint density at radius 3 is 3.00 bits per heavy atom. The van der Waals surface area contributed by atoms with E-state index in [4.69, 9.17) is 0 Å². The van der Waals surface area contributed by atoms with Gasteiger partial charge in [0, 0.05) is 12.1 Å². The second-order valence-corrected chi connectivity index (χ2v) is 4.16. The van der Waals surface area contributed by atoms with E-state index in [1.54, 1.807) is 11.7 Å². The molecule has 3 rings (SSSR count). The second-order valence-electron chi connectivity index (χ2n) is 4.16. The molecule has 1 aromatic carbocycles. The lowest BCUT2D eigenvalue weighted by atomic mass is 10.2. The summed E-state index contributed by atoms with van der Waals surface area (Å²) < 4.78 is 14.9. The van der Waals surface area contributed by atoms with Gasteiger partial charge in [0.1, 0.15) is 11.3 Å². The summed E-state index contributed by atoms with van der Waals surface area (Å²) in [5.41, 5.74) is 2.36. The largest absolute Gasteiger partial charge is 0.316 e. The van der Waals surface area contributed by atoms with E-state index in [2.05, 4.69) is 20.6 Å². The van der Waals surface area contributed by atoms with E-state index in [0.717, 1.165) is 16.6 Å². The average molecular weight is 257 g/mol. The van der Waals surface area contributed by atoms with Crippen LogP contribution in [0.3, 0.4) is 0 Å². The number of pyridine rings is 1. The molecule has 3 aromatic rings. The molecule has 1 N–H and O–H groups in total. The summed E-state index contributed by atoms with van der Waals surface area (Å²) in [4.78, 5) is 4.13. The zero-order valence-electron chi connectivity index (χ0n) is 10.3. The SMILES string of the molecule is CNCc1cc(F)cnc1-n1nnc2ccccc21. The van der Waals surface area contributed by atoms with Crippen molar-refractivity contribution in [1.29, 1.82) is 0 Å². The average Bonchev–Trinajstić information content (AvgIpc) is 2.83. The lowest BCUT2D eigenvalue weighted by Crippen LogP contribution is -2.12. The number of benzene rings is 1. The molecule has 0 bridgehead atoms. The third kappa shape index (κ3) is 2.06. The van der Waals surface area contributed by atoms with E-state index in [1.807, 2.05) is 24.3 Å². The van der Waals surface area contributed by atoms with Crippen LogP contribution < -0.4 is 5.32 Å². The van der Waals surface area contributed by atoms with Crippen LogP contribution in [0.2, 0.25) is 0 Å².